The molecule has 0 unspecified atom stereocenters. The van der Waals surface area contributed by atoms with Gasteiger partial charge in [0.05, 0.1) is 0 Å². The van der Waals surface area contributed by atoms with Crippen LogP contribution in [0, 0.1) is 0 Å². The number of rotatable bonds is 7. The highest BCUT2D eigenvalue weighted by atomic mass is 127. The van der Waals surface area contributed by atoms with Gasteiger partial charge in [0.1, 0.15) is 6.61 Å². The molecule has 1 rings (SSSR count). The minimum atomic E-state index is -0.0858. The molecule has 1 aromatic rings. The van der Waals surface area contributed by atoms with Crippen LogP contribution in [0.1, 0.15) is 31.2 Å². The molecule has 0 aliphatic rings. The van der Waals surface area contributed by atoms with Crippen LogP contribution in [0.3, 0.4) is 0 Å². The van der Waals surface area contributed by atoms with Crippen molar-refractivity contribution in [1.82, 2.24) is 0 Å². The zero-order valence-corrected chi connectivity index (χ0v) is 11.5. The third-order valence-corrected chi connectivity index (χ3v) is 3.02. The lowest BCUT2D eigenvalue weighted by Gasteiger charge is -2.04. The zero-order valence-electron chi connectivity index (χ0n) is 9.32. The summed E-state index contributed by atoms with van der Waals surface area (Å²) in [5, 5.41) is 0. The van der Waals surface area contributed by atoms with Gasteiger partial charge in [0.2, 0.25) is 0 Å². The van der Waals surface area contributed by atoms with E-state index >= 15 is 0 Å². The van der Waals surface area contributed by atoms with Crippen molar-refractivity contribution in [3.63, 3.8) is 0 Å². The van der Waals surface area contributed by atoms with Crippen LogP contribution in [0.25, 0.3) is 0 Å². The Hall–Kier alpha value is -0.580. The van der Waals surface area contributed by atoms with E-state index in [1.54, 1.807) is 0 Å². The third-order valence-electron chi connectivity index (χ3n) is 2.26. The Morgan fingerprint density at radius 2 is 1.88 bits per heavy atom. The standard InChI is InChI=1S/C13H17IO2/c14-10-6-2-5-9-13(15)16-11-12-7-3-1-4-8-12/h1,3-4,7-8H,2,5-6,9-11H2. The molecule has 0 radical (unpaired) electrons. The fraction of sp³-hybridized carbons (Fsp3) is 0.462. The first-order chi connectivity index (χ1) is 7.83. The maximum Gasteiger partial charge on any atom is 0.306 e. The van der Waals surface area contributed by atoms with Crippen molar-refractivity contribution >= 4 is 28.6 Å². The Labute approximate surface area is 111 Å². The van der Waals surface area contributed by atoms with Crippen LogP contribution in [-0.2, 0) is 16.1 Å². The second kappa shape index (κ2) is 8.56. The van der Waals surface area contributed by atoms with Crippen molar-refractivity contribution < 1.29 is 9.53 Å². The average Bonchev–Trinajstić information content (AvgIpc) is 2.33. The third kappa shape index (κ3) is 6.10. The largest absolute Gasteiger partial charge is 0.461 e. The van der Waals surface area contributed by atoms with Gasteiger partial charge in [0.25, 0.3) is 0 Å². The molecule has 0 aliphatic heterocycles. The van der Waals surface area contributed by atoms with E-state index in [1.807, 2.05) is 30.3 Å². The Morgan fingerprint density at radius 3 is 2.56 bits per heavy atom. The fourth-order valence-electron chi connectivity index (χ4n) is 1.35. The molecular formula is C13H17IO2. The van der Waals surface area contributed by atoms with Crippen LogP contribution < -0.4 is 0 Å². The van der Waals surface area contributed by atoms with E-state index in [4.69, 9.17) is 4.74 Å². The minimum absolute atomic E-state index is 0.0858. The molecule has 0 bridgehead atoms. The van der Waals surface area contributed by atoms with E-state index < -0.39 is 0 Å². The average molecular weight is 332 g/mol. The maximum absolute atomic E-state index is 11.4. The lowest BCUT2D eigenvalue weighted by atomic mass is 10.2. The molecule has 0 aliphatic carbocycles. The van der Waals surface area contributed by atoms with Gasteiger partial charge in [-0.2, -0.15) is 0 Å². The topological polar surface area (TPSA) is 26.3 Å². The van der Waals surface area contributed by atoms with Crippen LogP contribution in [0.4, 0.5) is 0 Å². The van der Waals surface area contributed by atoms with Crippen molar-refractivity contribution in [3.8, 4) is 0 Å². The molecule has 0 saturated heterocycles. The number of ether oxygens (including phenoxy) is 1. The number of halogens is 1. The second-order valence-corrected chi connectivity index (χ2v) is 4.72. The molecule has 0 saturated carbocycles. The van der Waals surface area contributed by atoms with Gasteiger partial charge in [0, 0.05) is 6.42 Å². The van der Waals surface area contributed by atoms with Gasteiger partial charge in [-0.1, -0.05) is 59.3 Å². The Kier molecular flexibility index (Phi) is 7.21. The summed E-state index contributed by atoms with van der Waals surface area (Å²) in [6.45, 7) is 0.395. The Bertz CT molecular complexity index is 298. The Balaban J connectivity index is 2.11. The van der Waals surface area contributed by atoms with E-state index in [1.165, 1.54) is 6.42 Å². The minimum Gasteiger partial charge on any atom is -0.461 e. The second-order valence-electron chi connectivity index (χ2n) is 3.65. The van der Waals surface area contributed by atoms with E-state index in [9.17, 15) is 4.79 Å². The molecule has 0 spiro atoms. The first kappa shape index (κ1) is 13.5. The molecule has 0 heterocycles. The van der Waals surface area contributed by atoms with Crippen molar-refractivity contribution in [1.29, 1.82) is 0 Å². The summed E-state index contributed by atoms with van der Waals surface area (Å²) < 4.78 is 6.33. The number of carbonyl (C=O) groups is 1. The normalized spacial score (nSPS) is 10.1. The summed E-state index contributed by atoms with van der Waals surface area (Å²) >= 11 is 2.35. The number of alkyl halides is 1. The lowest BCUT2D eigenvalue weighted by Crippen LogP contribution is -2.04. The molecule has 0 fully saturated rings. The quantitative estimate of drug-likeness (QED) is 0.329. The van der Waals surface area contributed by atoms with E-state index in [-0.39, 0.29) is 5.97 Å². The van der Waals surface area contributed by atoms with Gasteiger partial charge < -0.3 is 4.74 Å². The van der Waals surface area contributed by atoms with Crippen LogP contribution in [-0.4, -0.2) is 10.4 Å². The van der Waals surface area contributed by atoms with Crippen molar-refractivity contribution in [2.75, 3.05) is 4.43 Å². The number of carbonyl (C=O) groups excluding carboxylic acids is 1. The summed E-state index contributed by atoms with van der Waals surface area (Å²) in [6, 6.07) is 9.77. The van der Waals surface area contributed by atoms with Gasteiger partial charge in [-0.15, -0.1) is 0 Å². The maximum atomic E-state index is 11.4. The summed E-state index contributed by atoms with van der Waals surface area (Å²) in [4.78, 5) is 11.4. The molecule has 0 atom stereocenters. The van der Waals surface area contributed by atoms with Crippen LogP contribution in [0.5, 0.6) is 0 Å². The summed E-state index contributed by atoms with van der Waals surface area (Å²) in [5.74, 6) is -0.0858. The summed E-state index contributed by atoms with van der Waals surface area (Å²) in [5.41, 5.74) is 1.04. The fourth-order valence-corrected chi connectivity index (χ4v) is 1.89. The lowest BCUT2D eigenvalue weighted by molar-refractivity contribution is -0.145. The predicted octanol–water partition coefficient (Wildman–Crippen LogP) is 3.73. The van der Waals surface area contributed by atoms with E-state index in [2.05, 4.69) is 22.6 Å². The van der Waals surface area contributed by atoms with Gasteiger partial charge in [-0.25, -0.2) is 0 Å². The molecule has 16 heavy (non-hydrogen) atoms. The number of hydrogen-bond acceptors (Lipinski definition) is 2. The number of benzene rings is 1. The van der Waals surface area contributed by atoms with E-state index in [0.717, 1.165) is 22.8 Å². The van der Waals surface area contributed by atoms with Crippen molar-refractivity contribution in [3.05, 3.63) is 35.9 Å². The van der Waals surface area contributed by atoms with Gasteiger partial charge in [-0.05, 0) is 22.8 Å². The van der Waals surface area contributed by atoms with Crippen LogP contribution in [0.15, 0.2) is 30.3 Å². The molecular weight excluding hydrogens is 315 g/mol. The molecule has 0 N–H and O–H groups in total. The Morgan fingerprint density at radius 1 is 1.12 bits per heavy atom. The number of hydrogen-bond donors (Lipinski definition) is 0. The van der Waals surface area contributed by atoms with Gasteiger partial charge >= 0.3 is 5.97 Å². The number of esters is 1. The highest BCUT2D eigenvalue weighted by molar-refractivity contribution is 14.1. The first-order valence-electron chi connectivity index (χ1n) is 5.58. The molecule has 0 amide bonds. The SMILES string of the molecule is O=C(CCCCCI)OCc1ccccc1. The smallest absolute Gasteiger partial charge is 0.306 e. The zero-order chi connectivity index (χ0) is 11.6. The highest BCUT2D eigenvalue weighted by Crippen LogP contribution is 2.06. The highest BCUT2D eigenvalue weighted by Gasteiger charge is 2.02. The molecule has 3 heteroatoms. The molecule has 1 aromatic carbocycles. The number of unbranched alkanes of at least 4 members (excludes halogenated alkanes) is 2. The van der Waals surface area contributed by atoms with Gasteiger partial charge in [0.15, 0.2) is 0 Å². The van der Waals surface area contributed by atoms with E-state index in [0.29, 0.717) is 13.0 Å². The first-order valence-corrected chi connectivity index (χ1v) is 7.11. The van der Waals surface area contributed by atoms with Crippen molar-refractivity contribution in [2.24, 2.45) is 0 Å². The molecule has 2 nitrogen and oxygen atoms in total. The van der Waals surface area contributed by atoms with Gasteiger partial charge in [-0.3, -0.25) is 4.79 Å². The monoisotopic (exact) mass is 332 g/mol. The van der Waals surface area contributed by atoms with Crippen LogP contribution in [0.2, 0.25) is 0 Å². The predicted molar refractivity (Wildman–Crippen MR) is 73.6 cm³/mol. The molecule has 88 valence electrons. The molecule has 0 aromatic heterocycles. The summed E-state index contributed by atoms with van der Waals surface area (Å²) in [6.07, 6.45) is 3.79. The van der Waals surface area contributed by atoms with Crippen LogP contribution >= 0.6 is 22.6 Å². The van der Waals surface area contributed by atoms with Crippen molar-refractivity contribution in [2.45, 2.75) is 32.3 Å². The summed E-state index contributed by atoms with van der Waals surface area (Å²) in [7, 11) is 0.